The van der Waals surface area contributed by atoms with Crippen molar-refractivity contribution in [2.24, 2.45) is 0 Å². The zero-order chi connectivity index (χ0) is 13.0. The fourth-order valence-electron chi connectivity index (χ4n) is 2.20. The molecule has 98 valence electrons. The van der Waals surface area contributed by atoms with Gasteiger partial charge in [0.25, 0.3) is 0 Å². The summed E-state index contributed by atoms with van der Waals surface area (Å²) in [5.41, 5.74) is -0.0931. The van der Waals surface area contributed by atoms with E-state index < -0.39 is 5.60 Å². The minimum atomic E-state index is -0.730. The van der Waals surface area contributed by atoms with Gasteiger partial charge in [-0.25, -0.2) is 4.79 Å². The third kappa shape index (κ3) is 3.62. The summed E-state index contributed by atoms with van der Waals surface area (Å²) >= 11 is 5.82. The number of aliphatic hydroxyl groups is 1. The van der Waals surface area contributed by atoms with Crippen LogP contribution in [0.3, 0.4) is 0 Å². The van der Waals surface area contributed by atoms with Gasteiger partial charge >= 0.3 is 6.03 Å². The number of hydrogen-bond donors (Lipinski definition) is 3. The number of carbonyl (C=O) groups excluding carboxylic acids is 1. The summed E-state index contributed by atoms with van der Waals surface area (Å²) in [7, 11) is 0. The Morgan fingerprint density at radius 3 is 2.78 bits per heavy atom. The van der Waals surface area contributed by atoms with Crippen LogP contribution in [0.15, 0.2) is 24.3 Å². The molecule has 3 N–H and O–H groups in total. The Bertz CT molecular complexity index is 431. The van der Waals surface area contributed by atoms with Gasteiger partial charge in [0.2, 0.25) is 0 Å². The highest BCUT2D eigenvalue weighted by atomic mass is 35.5. The Labute approximate surface area is 111 Å². The van der Waals surface area contributed by atoms with Gasteiger partial charge in [0.15, 0.2) is 0 Å². The first-order valence-electron chi connectivity index (χ1n) is 6.10. The highest BCUT2D eigenvalue weighted by Crippen LogP contribution is 2.28. The monoisotopic (exact) mass is 268 g/mol. The van der Waals surface area contributed by atoms with E-state index in [1.54, 1.807) is 24.3 Å². The van der Waals surface area contributed by atoms with Crippen LogP contribution in [0.1, 0.15) is 25.7 Å². The second-order valence-electron chi connectivity index (χ2n) is 4.75. The first kappa shape index (κ1) is 13.2. The molecule has 1 aliphatic carbocycles. The Hall–Kier alpha value is -1.26. The molecule has 2 rings (SSSR count). The van der Waals surface area contributed by atoms with Gasteiger partial charge in [0.05, 0.1) is 5.60 Å². The van der Waals surface area contributed by atoms with Gasteiger partial charge in [0.1, 0.15) is 0 Å². The van der Waals surface area contributed by atoms with Crippen LogP contribution in [0.5, 0.6) is 0 Å². The average Bonchev–Trinajstić information content (AvgIpc) is 2.74. The standard InChI is InChI=1S/C13H17ClN2O2/c14-10-4-3-5-11(8-10)16-12(17)15-9-13(18)6-1-2-7-13/h3-5,8,18H,1-2,6-7,9H2,(H2,15,16,17). The zero-order valence-corrected chi connectivity index (χ0v) is 10.8. The zero-order valence-electron chi connectivity index (χ0n) is 10.1. The number of amides is 2. The summed E-state index contributed by atoms with van der Waals surface area (Å²) in [4.78, 5) is 11.6. The van der Waals surface area contributed by atoms with Crippen LogP contribution in [0.4, 0.5) is 10.5 Å². The van der Waals surface area contributed by atoms with Gasteiger partial charge < -0.3 is 15.7 Å². The predicted octanol–water partition coefficient (Wildman–Crippen LogP) is 2.77. The SMILES string of the molecule is O=C(NCC1(O)CCCC1)Nc1cccc(Cl)c1. The van der Waals surface area contributed by atoms with Gasteiger partial charge in [-0.05, 0) is 31.0 Å². The molecule has 5 heteroatoms. The number of anilines is 1. The Balaban J connectivity index is 1.82. The molecule has 0 unspecified atom stereocenters. The van der Waals surface area contributed by atoms with Crippen molar-refractivity contribution in [1.82, 2.24) is 5.32 Å². The summed E-state index contributed by atoms with van der Waals surface area (Å²) in [6.45, 7) is 0.291. The fraction of sp³-hybridized carbons (Fsp3) is 0.462. The number of hydrogen-bond acceptors (Lipinski definition) is 2. The smallest absolute Gasteiger partial charge is 0.319 e. The van der Waals surface area contributed by atoms with E-state index in [0.29, 0.717) is 17.3 Å². The molecule has 0 radical (unpaired) electrons. The largest absolute Gasteiger partial charge is 0.388 e. The van der Waals surface area contributed by atoms with E-state index in [0.717, 1.165) is 25.7 Å². The van der Waals surface area contributed by atoms with Crippen LogP contribution in [-0.4, -0.2) is 23.3 Å². The second-order valence-corrected chi connectivity index (χ2v) is 5.19. The van der Waals surface area contributed by atoms with Gasteiger partial charge in [0, 0.05) is 17.3 Å². The minimum absolute atomic E-state index is 0.291. The Kier molecular flexibility index (Phi) is 4.09. The van der Waals surface area contributed by atoms with Crippen LogP contribution < -0.4 is 10.6 Å². The summed E-state index contributed by atoms with van der Waals surface area (Å²) in [6, 6.07) is 6.62. The third-order valence-electron chi connectivity index (χ3n) is 3.19. The maximum atomic E-state index is 11.6. The number of nitrogens with one attached hydrogen (secondary N) is 2. The number of halogens is 1. The molecule has 1 aromatic carbocycles. The van der Waals surface area contributed by atoms with E-state index in [4.69, 9.17) is 11.6 Å². The van der Waals surface area contributed by atoms with Crippen LogP contribution in [-0.2, 0) is 0 Å². The minimum Gasteiger partial charge on any atom is -0.388 e. The first-order chi connectivity index (χ1) is 8.57. The lowest BCUT2D eigenvalue weighted by Crippen LogP contribution is -2.42. The lowest BCUT2D eigenvalue weighted by atomic mass is 10.0. The van der Waals surface area contributed by atoms with Crippen LogP contribution in [0, 0.1) is 0 Å². The van der Waals surface area contributed by atoms with E-state index in [1.165, 1.54) is 0 Å². The van der Waals surface area contributed by atoms with Crippen LogP contribution >= 0.6 is 11.6 Å². The maximum Gasteiger partial charge on any atom is 0.319 e. The van der Waals surface area contributed by atoms with E-state index in [-0.39, 0.29) is 6.03 Å². The Morgan fingerprint density at radius 1 is 1.39 bits per heavy atom. The second kappa shape index (κ2) is 5.59. The van der Waals surface area contributed by atoms with E-state index in [9.17, 15) is 9.90 Å². The van der Waals surface area contributed by atoms with Crippen molar-refractivity contribution >= 4 is 23.3 Å². The normalized spacial score (nSPS) is 17.4. The number of urea groups is 1. The van der Waals surface area contributed by atoms with Crippen LogP contribution in [0.25, 0.3) is 0 Å². The molecule has 2 amide bonds. The van der Waals surface area contributed by atoms with Gasteiger partial charge in [-0.2, -0.15) is 0 Å². The molecule has 1 saturated carbocycles. The van der Waals surface area contributed by atoms with Crippen molar-refractivity contribution in [2.45, 2.75) is 31.3 Å². The predicted molar refractivity (Wildman–Crippen MR) is 71.9 cm³/mol. The van der Waals surface area contributed by atoms with Crippen molar-refractivity contribution in [3.05, 3.63) is 29.3 Å². The highest BCUT2D eigenvalue weighted by molar-refractivity contribution is 6.30. The number of benzene rings is 1. The number of rotatable bonds is 3. The molecule has 0 bridgehead atoms. The molecule has 1 aliphatic rings. The van der Waals surface area contributed by atoms with Crippen molar-refractivity contribution in [3.8, 4) is 0 Å². The summed E-state index contributed by atoms with van der Waals surface area (Å²) in [6.07, 6.45) is 3.55. The fourth-order valence-corrected chi connectivity index (χ4v) is 2.39. The maximum absolute atomic E-state index is 11.6. The van der Waals surface area contributed by atoms with Crippen molar-refractivity contribution in [3.63, 3.8) is 0 Å². The molecule has 0 saturated heterocycles. The van der Waals surface area contributed by atoms with Gasteiger partial charge in [-0.15, -0.1) is 0 Å². The molecule has 0 atom stereocenters. The van der Waals surface area contributed by atoms with Crippen molar-refractivity contribution < 1.29 is 9.90 Å². The summed E-state index contributed by atoms with van der Waals surface area (Å²) < 4.78 is 0. The van der Waals surface area contributed by atoms with E-state index >= 15 is 0 Å². The quantitative estimate of drug-likeness (QED) is 0.789. The number of carbonyl (C=O) groups is 1. The molecule has 1 fully saturated rings. The third-order valence-corrected chi connectivity index (χ3v) is 3.43. The molecule has 18 heavy (non-hydrogen) atoms. The molecular formula is C13H17ClN2O2. The van der Waals surface area contributed by atoms with Crippen molar-refractivity contribution in [2.75, 3.05) is 11.9 Å². The van der Waals surface area contributed by atoms with E-state index in [2.05, 4.69) is 10.6 Å². The molecular weight excluding hydrogens is 252 g/mol. The first-order valence-corrected chi connectivity index (χ1v) is 6.48. The summed E-state index contributed by atoms with van der Waals surface area (Å²) in [5, 5.41) is 16.0. The topological polar surface area (TPSA) is 61.4 Å². The summed E-state index contributed by atoms with van der Waals surface area (Å²) in [5.74, 6) is 0. The molecule has 0 aliphatic heterocycles. The van der Waals surface area contributed by atoms with Crippen LogP contribution in [0.2, 0.25) is 5.02 Å². The Morgan fingerprint density at radius 2 is 2.11 bits per heavy atom. The molecule has 0 heterocycles. The van der Waals surface area contributed by atoms with Gasteiger partial charge in [-0.3, -0.25) is 0 Å². The van der Waals surface area contributed by atoms with Crippen molar-refractivity contribution in [1.29, 1.82) is 0 Å². The van der Waals surface area contributed by atoms with E-state index in [1.807, 2.05) is 0 Å². The highest BCUT2D eigenvalue weighted by Gasteiger charge is 2.31. The molecule has 4 nitrogen and oxygen atoms in total. The average molecular weight is 269 g/mol. The molecule has 1 aromatic rings. The lowest BCUT2D eigenvalue weighted by molar-refractivity contribution is 0.0506. The lowest BCUT2D eigenvalue weighted by Gasteiger charge is -2.22. The molecule has 0 spiro atoms. The molecule has 0 aromatic heterocycles. The van der Waals surface area contributed by atoms with Gasteiger partial charge in [-0.1, -0.05) is 30.5 Å².